The molecule has 0 heterocycles. The van der Waals surface area contributed by atoms with E-state index in [1.807, 2.05) is 0 Å². The minimum Gasteiger partial charge on any atom is -0.504 e. The smallest absolute Gasteiger partial charge is 0.277 e. The number of nitrogens with zero attached hydrogens (tertiary/aromatic N) is 1. The van der Waals surface area contributed by atoms with Gasteiger partial charge >= 0.3 is 0 Å². The summed E-state index contributed by atoms with van der Waals surface area (Å²) in [6.45, 7) is -0.231. The quantitative estimate of drug-likeness (QED) is 0.542. The first-order valence-electron chi connectivity index (χ1n) is 7.19. The number of phenols is 1. The van der Waals surface area contributed by atoms with Crippen molar-refractivity contribution in [2.24, 2.45) is 5.10 Å². The number of aromatic hydroxyl groups is 1. The zero-order valence-corrected chi connectivity index (χ0v) is 15.2. The Kier molecular flexibility index (Phi) is 6.64. The van der Waals surface area contributed by atoms with E-state index in [9.17, 15) is 9.90 Å². The van der Waals surface area contributed by atoms with Gasteiger partial charge in [0.25, 0.3) is 5.91 Å². The fourth-order valence-electron chi connectivity index (χ4n) is 1.94. The molecule has 0 unspecified atom stereocenters. The first kappa shape index (κ1) is 18.6. The maximum Gasteiger partial charge on any atom is 0.277 e. The van der Waals surface area contributed by atoms with E-state index in [-0.39, 0.29) is 12.4 Å². The summed E-state index contributed by atoms with van der Waals surface area (Å²) >= 11 is 3.30. The number of ether oxygens (including phenoxy) is 3. The Morgan fingerprint density at radius 3 is 2.56 bits per heavy atom. The summed E-state index contributed by atoms with van der Waals surface area (Å²) < 4.78 is 16.3. The third-order valence-corrected chi connectivity index (χ3v) is 3.57. The number of hydrogen-bond acceptors (Lipinski definition) is 6. The summed E-state index contributed by atoms with van der Waals surface area (Å²) in [4.78, 5) is 11.8. The molecule has 8 heteroatoms. The number of carbonyl (C=O) groups excluding carboxylic acids is 1. The highest BCUT2D eigenvalue weighted by Gasteiger charge is 2.09. The molecule has 0 fully saturated rings. The van der Waals surface area contributed by atoms with Crippen LogP contribution >= 0.6 is 15.9 Å². The summed E-state index contributed by atoms with van der Waals surface area (Å²) in [5.74, 6) is 0.752. The third kappa shape index (κ3) is 5.12. The van der Waals surface area contributed by atoms with Crippen LogP contribution in [0.15, 0.2) is 46.0 Å². The highest BCUT2D eigenvalue weighted by atomic mass is 79.9. The third-order valence-electron chi connectivity index (χ3n) is 3.11. The molecule has 0 saturated heterocycles. The molecule has 25 heavy (non-hydrogen) atoms. The number of carbonyl (C=O) groups is 1. The molecule has 0 aliphatic carbocycles. The summed E-state index contributed by atoms with van der Waals surface area (Å²) in [7, 11) is 2.96. The molecule has 0 aliphatic rings. The van der Waals surface area contributed by atoms with E-state index < -0.39 is 5.91 Å². The van der Waals surface area contributed by atoms with Crippen LogP contribution in [0.25, 0.3) is 0 Å². The van der Waals surface area contributed by atoms with Crippen LogP contribution < -0.4 is 19.6 Å². The molecule has 0 bridgehead atoms. The lowest BCUT2D eigenvalue weighted by molar-refractivity contribution is -0.123. The molecular formula is C17H17BrN2O5. The van der Waals surface area contributed by atoms with Crippen molar-refractivity contribution in [2.45, 2.75) is 0 Å². The van der Waals surface area contributed by atoms with Crippen molar-refractivity contribution in [3.63, 3.8) is 0 Å². The number of para-hydroxylation sites is 2. The molecule has 2 N–H and O–H groups in total. The van der Waals surface area contributed by atoms with Gasteiger partial charge in [-0.05, 0) is 24.3 Å². The van der Waals surface area contributed by atoms with Gasteiger partial charge in [0.05, 0.1) is 20.4 Å². The lowest BCUT2D eigenvalue weighted by Crippen LogP contribution is -2.24. The fourth-order valence-corrected chi connectivity index (χ4v) is 2.39. The van der Waals surface area contributed by atoms with Crippen molar-refractivity contribution in [3.05, 3.63) is 46.4 Å². The van der Waals surface area contributed by atoms with Crippen molar-refractivity contribution in [3.8, 4) is 23.0 Å². The van der Waals surface area contributed by atoms with Crippen LogP contribution in [0, 0.1) is 0 Å². The maximum atomic E-state index is 11.8. The normalized spacial score (nSPS) is 10.5. The summed E-state index contributed by atoms with van der Waals surface area (Å²) in [6, 6.07) is 10.3. The largest absolute Gasteiger partial charge is 0.504 e. The number of benzene rings is 2. The van der Waals surface area contributed by atoms with Gasteiger partial charge in [-0.2, -0.15) is 5.10 Å². The molecule has 2 rings (SSSR count). The fraction of sp³-hybridized carbons (Fsp3) is 0.176. The Labute approximate surface area is 153 Å². The Morgan fingerprint density at radius 2 is 1.88 bits per heavy atom. The van der Waals surface area contributed by atoms with Crippen LogP contribution in [0.2, 0.25) is 0 Å². The van der Waals surface area contributed by atoms with Crippen LogP contribution in [-0.4, -0.2) is 38.1 Å². The molecule has 0 saturated carbocycles. The summed E-state index contributed by atoms with van der Waals surface area (Å²) in [5, 5.41) is 13.8. The number of nitrogens with one attached hydrogen (secondary N) is 1. The molecule has 7 nitrogen and oxygen atoms in total. The van der Waals surface area contributed by atoms with Gasteiger partial charge in [0.2, 0.25) is 0 Å². The molecule has 2 aromatic rings. The number of amides is 1. The SMILES string of the molecule is COc1ccccc1OCC(=O)N/N=C/c1cc(Br)cc(OC)c1O. The molecule has 1 amide bonds. The number of hydrazone groups is 1. The first-order chi connectivity index (χ1) is 12.0. The second-order valence-electron chi connectivity index (χ2n) is 4.78. The van der Waals surface area contributed by atoms with E-state index in [1.165, 1.54) is 20.4 Å². The minimum absolute atomic E-state index is 0.0750. The van der Waals surface area contributed by atoms with Crippen LogP contribution in [0.4, 0.5) is 0 Å². The van der Waals surface area contributed by atoms with Crippen molar-refractivity contribution in [1.29, 1.82) is 0 Å². The van der Waals surface area contributed by atoms with Gasteiger partial charge < -0.3 is 19.3 Å². The van der Waals surface area contributed by atoms with E-state index in [2.05, 4.69) is 26.5 Å². The number of rotatable bonds is 7. The summed E-state index contributed by atoms with van der Waals surface area (Å²) in [6.07, 6.45) is 1.31. The molecule has 0 radical (unpaired) electrons. The van der Waals surface area contributed by atoms with Crippen molar-refractivity contribution < 1.29 is 24.1 Å². The topological polar surface area (TPSA) is 89.4 Å². The highest BCUT2D eigenvalue weighted by molar-refractivity contribution is 9.10. The second kappa shape index (κ2) is 8.93. The molecule has 0 aromatic heterocycles. The van der Waals surface area contributed by atoms with E-state index in [4.69, 9.17) is 14.2 Å². The average Bonchev–Trinajstić information content (AvgIpc) is 2.62. The van der Waals surface area contributed by atoms with E-state index in [1.54, 1.807) is 36.4 Å². The van der Waals surface area contributed by atoms with E-state index in [0.29, 0.717) is 27.3 Å². The Morgan fingerprint density at radius 1 is 1.20 bits per heavy atom. The molecule has 0 atom stereocenters. The van der Waals surface area contributed by atoms with Gasteiger partial charge in [0.15, 0.2) is 29.6 Å². The number of methoxy groups -OCH3 is 2. The van der Waals surface area contributed by atoms with Gasteiger partial charge in [-0.1, -0.05) is 28.1 Å². The molecule has 0 spiro atoms. The minimum atomic E-state index is -0.455. The van der Waals surface area contributed by atoms with Gasteiger partial charge in [-0.15, -0.1) is 0 Å². The number of hydrogen-bond donors (Lipinski definition) is 2. The van der Waals surface area contributed by atoms with Gasteiger partial charge in [0, 0.05) is 10.0 Å². The number of halogens is 1. The van der Waals surface area contributed by atoms with Crippen LogP contribution in [-0.2, 0) is 4.79 Å². The monoisotopic (exact) mass is 408 g/mol. The van der Waals surface area contributed by atoms with Crippen molar-refractivity contribution in [1.82, 2.24) is 5.43 Å². The Bertz CT molecular complexity index is 780. The van der Waals surface area contributed by atoms with Crippen LogP contribution in [0.3, 0.4) is 0 Å². The van der Waals surface area contributed by atoms with Crippen LogP contribution in [0.1, 0.15) is 5.56 Å². The Balaban J connectivity index is 1.94. The molecule has 2 aromatic carbocycles. The standard InChI is InChI=1S/C17H17BrN2O5/c1-23-13-5-3-4-6-14(13)25-10-16(21)20-19-9-11-7-12(18)8-15(24-2)17(11)22/h3-9,22H,10H2,1-2H3,(H,20,21)/b19-9+. The van der Waals surface area contributed by atoms with Crippen molar-refractivity contribution >= 4 is 28.1 Å². The van der Waals surface area contributed by atoms with E-state index in [0.717, 1.165) is 0 Å². The predicted molar refractivity (Wildman–Crippen MR) is 96.6 cm³/mol. The zero-order valence-electron chi connectivity index (χ0n) is 13.7. The Hall–Kier alpha value is -2.74. The molecule has 132 valence electrons. The zero-order chi connectivity index (χ0) is 18.2. The van der Waals surface area contributed by atoms with Crippen LogP contribution in [0.5, 0.6) is 23.0 Å². The average molecular weight is 409 g/mol. The van der Waals surface area contributed by atoms with Crippen molar-refractivity contribution in [2.75, 3.05) is 20.8 Å². The lowest BCUT2D eigenvalue weighted by atomic mass is 10.2. The lowest BCUT2D eigenvalue weighted by Gasteiger charge is -2.09. The predicted octanol–water partition coefficient (Wildman–Crippen LogP) is 2.70. The summed E-state index contributed by atoms with van der Waals surface area (Å²) in [5.41, 5.74) is 2.71. The first-order valence-corrected chi connectivity index (χ1v) is 7.98. The number of phenolic OH excluding ortho intramolecular Hbond substituents is 1. The second-order valence-corrected chi connectivity index (χ2v) is 5.69. The molecule has 0 aliphatic heterocycles. The molecular weight excluding hydrogens is 392 g/mol. The maximum absolute atomic E-state index is 11.8. The van der Waals surface area contributed by atoms with Gasteiger partial charge in [-0.25, -0.2) is 5.43 Å². The van der Waals surface area contributed by atoms with Gasteiger partial charge in [0.1, 0.15) is 0 Å². The van der Waals surface area contributed by atoms with Gasteiger partial charge in [-0.3, -0.25) is 4.79 Å². The van der Waals surface area contributed by atoms with E-state index >= 15 is 0 Å². The highest BCUT2D eigenvalue weighted by Crippen LogP contribution is 2.32.